The van der Waals surface area contributed by atoms with Crippen LogP contribution in [0.3, 0.4) is 0 Å². The minimum atomic E-state index is -0.539. The van der Waals surface area contributed by atoms with E-state index in [1.807, 2.05) is 24.3 Å². The van der Waals surface area contributed by atoms with Gasteiger partial charge in [0.2, 0.25) is 0 Å². The van der Waals surface area contributed by atoms with Crippen molar-refractivity contribution in [2.45, 2.75) is 18.4 Å². The van der Waals surface area contributed by atoms with Gasteiger partial charge in [0.25, 0.3) is 0 Å². The first-order chi connectivity index (χ1) is 8.60. The molecule has 0 bridgehead atoms. The Morgan fingerprint density at radius 2 is 1.83 bits per heavy atom. The molecule has 1 heterocycles. The summed E-state index contributed by atoms with van der Waals surface area (Å²) in [7, 11) is 0. The predicted octanol–water partition coefficient (Wildman–Crippen LogP) is 0.0972. The van der Waals surface area contributed by atoms with Crippen LogP contribution in [0, 0.1) is 0 Å². The Balaban J connectivity index is 1.84. The lowest BCUT2D eigenvalue weighted by Crippen LogP contribution is -2.52. The van der Waals surface area contributed by atoms with Crippen LogP contribution in [0.5, 0.6) is 0 Å². The molecule has 0 unspecified atom stereocenters. The summed E-state index contributed by atoms with van der Waals surface area (Å²) in [6.45, 7) is 1.00. The van der Waals surface area contributed by atoms with Gasteiger partial charge in [-0.25, -0.2) is 0 Å². The zero-order chi connectivity index (χ0) is 12.8. The zero-order valence-electron chi connectivity index (χ0n) is 9.98. The molecule has 1 saturated carbocycles. The highest BCUT2D eigenvalue weighted by Gasteiger charge is 2.39. The normalized spacial score (nSPS) is 21.7. The topological polar surface area (TPSA) is 75.4 Å². The summed E-state index contributed by atoms with van der Waals surface area (Å²) in [5, 5.41) is 2.53. The van der Waals surface area contributed by atoms with E-state index in [0.29, 0.717) is 13.1 Å². The molecule has 1 aromatic rings. The van der Waals surface area contributed by atoms with Crippen LogP contribution in [0.1, 0.15) is 18.4 Å². The lowest BCUT2D eigenvalue weighted by atomic mass is 10.1. The molecule has 0 aromatic heterocycles. The molecule has 1 aliphatic heterocycles. The average Bonchev–Trinajstić information content (AvgIpc) is 3.13. The van der Waals surface area contributed by atoms with E-state index in [0.717, 1.165) is 24.1 Å². The van der Waals surface area contributed by atoms with Crippen molar-refractivity contribution < 1.29 is 9.59 Å². The Kier molecular flexibility index (Phi) is 2.38. The molecule has 2 aliphatic rings. The highest BCUT2D eigenvalue weighted by Crippen LogP contribution is 2.42. The quantitative estimate of drug-likeness (QED) is 0.725. The number of benzene rings is 1. The van der Waals surface area contributed by atoms with Crippen molar-refractivity contribution in [3.05, 3.63) is 29.8 Å². The van der Waals surface area contributed by atoms with E-state index >= 15 is 0 Å². The second-order valence-corrected chi connectivity index (χ2v) is 4.92. The van der Waals surface area contributed by atoms with Crippen molar-refractivity contribution in [3.8, 4) is 0 Å². The highest BCUT2D eigenvalue weighted by atomic mass is 16.2. The maximum atomic E-state index is 11.7. The fraction of sp³-hybridized carbons (Fsp3) is 0.385. The van der Waals surface area contributed by atoms with Crippen LogP contribution in [-0.2, 0) is 15.1 Å². The van der Waals surface area contributed by atoms with E-state index in [2.05, 4.69) is 5.32 Å². The molecule has 94 valence electrons. The summed E-state index contributed by atoms with van der Waals surface area (Å²) in [6, 6.07) is 7.61. The van der Waals surface area contributed by atoms with Crippen molar-refractivity contribution in [2.75, 3.05) is 18.0 Å². The fourth-order valence-corrected chi connectivity index (χ4v) is 2.22. The maximum absolute atomic E-state index is 11.7. The number of hydrogen-bond donors (Lipinski definition) is 2. The van der Waals surface area contributed by atoms with Crippen molar-refractivity contribution >= 4 is 17.5 Å². The first kappa shape index (κ1) is 11.2. The monoisotopic (exact) mass is 245 g/mol. The van der Waals surface area contributed by atoms with Gasteiger partial charge in [0.1, 0.15) is 0 Å². The molecule has 1 aromatic carbocycles. The van der Waals surface area contributed by atoms with Gasteiger partial charge in [0.05, 0.1) is 0 Å². The number of nitrogens with one attached hydrogen (secondary N) is 1. The Hall–Kier alpha value is -1.88. The smallest absolute Gasteiger partial charge is 0.316 e. The van der Waals surface area contributed by atoms with Crippen molar-refractivity contribution in [1.82, 2.24) is 5.32 Å². The minimum absolute atomic E-state index is 0.165. The molecular formula is C13H15N3O2. The summed E-state index contributed by atoms with van der Waals surface area (Å²) in [6.07, 6.45) is 2.02. The highest BCUT2D eigenvalue weighted by molar-refractivity contribution is 6.41. The molecule has 0 spiro atoms. The summed E-state index contributed by atoms with van der Waals surface area (Å²) in [5.74, 6) is -1.04. The Morgan fingerprint density at radius 1 is 1.17 bits per heavy atom. The van der Waals surface area contributed by atoms with Gasteiger partial charge in [-0.1, -0.05) is 12.1 Å². The second kappa shape index (κ2) is 3.81. The number of amides is 2. The summed E-state index contributed by atoms with van der Waals surface area (Å²) in [4.78, 5) is 24.5. The van der Waals surface area contributed by atoms with Gasteiger partial charge in [-0.3, -0.25) is 9.59 Å². The van der Waals surface area contributed by atoms with E-state index in [1.165, 1.54) is 4.90 Å². The van der Waals surface area contributed by atoms with Gasteiger partial charge in [-0.15, -0.1) is 0 Å². The lowest BCUT2D eigenvalue weighted by Gasteiger charge is -2.26. The third-order valence-corrected chi connectivity index (χ3v) is 3.60. The number of nitrogens with zero attached hydrogens (tertiary/aromatic N) is 1. The molecule has 3 N–H and O–H groups in total. The second-order valence-electron chi connectivity index (χ2n) is 4.92. The van der Waals surface area contributed by atoms with E-state index in [9.17, 15) is 9.59 Å². The maximum Gasteiger partial charge on any atom is 0.316 e. The van der Waals surface area contributed by atoms with Crippen LogP contribution < -0.4 is 16.0 Å². The number of carbonyl (C=O) groups excluding carboxylic acids is 2. The minimum Gasteiger partial charge on any atom is -0.346 e. The van der Waals surface area contributed by atoms with E-state index in [4.69, 9.17) is 5.73 Å². The van der Waals surface area contributed by atoms with Crippen LogP contribution in [0.25, 0.3) is 0 Å². The SMILES string of the molecule is NC1(c2ccc(N3CCNC(=O)C3=O)cc2)CC1. The molecule has 18 heavy (non-hydrogen) atoms. The fourth-order valence-electron chi connectivity index (χ4n) is 2.22. The van der Waals surface area contributed by atoms with Crippen LogP contribution >= 0.6 is 0 Å². The standard InChI is InChI=1S/C13H15N3O2/c14-13(5-6-13)9-1-3-10(4-2-9)16-8-7-15-11(17)12(16)18/h1-4H,5-8,14H2,(H,15,17). The summed E-state index contributed by atoms with van der Waals surface area (Å²) < 4.78 is 0. The molecule has 5 heteroatoms. The molecule has 2 fully saturated rings. The Morgan fingerprint density at radius 3 is 2.44 bits per heavy atom. The van der Waals surface area contributed by atoms with Crippen molar-refractivity contribution in [3.63, 3.8) is 0 Å². The number of hydrogen-bond acceptors (Lipinski definition) is 3. The summed E-state index contributed by atoms with van der Waals surface area (Å²) in [5.41, 5.74) is 7.79. The third-order valence-electron chi connectivity index (χ3n) is 3.60. The van der Waals surface area contributed by atoms with Crippen molar-refractivity contribution in [1.29, 1.82) is 0 Å². The molecular weight excluding hydrogens is 230 g/mol. The van der Waals surface area contributed by atoms with Gasteiger partial charge < -0.3 is 16.0 Å². The number of rotatable bonds is 2. The van der Waals surface area contributed by atoms with E-state index in [-0.39, 0.29) is 5.54 Å². The average molecular weight is 245 g/mol. The summed E-state index contributed by atoms with van der Waals surface area (Å²) >= 11 is 0. The largest absolute Gasteiger partial charge is 0.346 e. The predicted molar refractivity (Wildman–Crippen MR) is 66.9 cm³/mol. The first-order valence-electron chi connectivity index (χ1n) is 6.09. The number of nitrogens with two attached hydrogens (primary N) is 1. The van der Waals surface area contributed by atoms with Gasteiger partial charge >= 0.3 is 11.8 Å². The van der Waals surface area contributed by atoms with Crippen LogP contribution in [0.15, 0.2) is 24.3 Å². The Labute approximate surface area is 105 Å². The molecule has 0 atom stereocenters. The number of carbonyl (C=O) groups is 2. The zero-order valence-corrected chi connectivity index (χ0v) is 9.98. The van der Waals surface area contributed by atoms with Crippen LogP contribution in [-0.4, -0.2) is 24.9 Å². The van der Waals surface area contributed by atoms with Crippen LogP contribution in [0.4, 0.5) is 5.69 Å². The van der Waals surface area contributed by atoms with Gasteiger partial charge in [-0.05, 0) is 30.5 Å². The molecule has 0 radical (unpaired) electrons. The number of piperazine rings is 1. The molecule has 1 aliphatic carbocycles. The molecule has 2 amide bonds. The van der Waals surface area contributed by atoms with Crippen LogP contribution in [0.2, 0.25) is 0 Å². The van der Waals surface area contributed by atoms with Gasteiger partial charge in [0, 0.05) is 24.3 Å². The molecule has 5 nitrogen and oxygen atoms in total. The van der Waals surface area contributed by atoms with Gasteiger partial charge in [0.15, 0.2) is 0 Å². The van der Waals surface area contributed by atoms with Crippen molar-refractivity contribution in [2.24, 2.45) is 5.73 Å². The lowest BCUT2D eigenvalue weighted by molar-refractivity contribution is -0.138. The first-order valence-corrected chi connectivity index (χ1v) is 6.09. The van der Waals surface area contributed by atoms with E-state index < -0.39 is 11.8 Å². The third kappa shape index (κ3) is 1.76. The molecule has 1 saturated heterocycles. The number of anilines is 1. The van der Waals surface area contributed by atoms with Gasteiger partial charge in [-0.2, -0.15) is 0 Å². The Bertz CT molecular complexity index is 505. The van der Waals surface area contributed by atoms with E-state index in [1.54, 1.807) is 0 Å². The molecule has 3 rings (SSSR count).